The van der Waals surface area contributed by atoms with Crippen LogP contribution in [0.25, 0.3) is 0 Å². The van der Waals surface area contributed by atoms with Gasteiger partial charge in [0.1, 0.15) is 0 Å². The van der Waals surface area contributed by atoms with Gasteiger partial charge in [-0.25, -0.2) is 0 Å². The molecule has 2 rings (SSSR count). The van der Waals surface area contributed by atoms with Gasteiger partial charge in [-0.3, -0.25) is 9.59 Å². The summed E-state index contributed by atoms with van der Waals surface area (Å²) in [6.07, 6.45) is 4.94. The summed E-state index contributed by atoms with van der Waals surface area (Å²) in [5.74, 6) is 0.366. The van der Waals surface area contributed by atoms with Crippen molar-refractivity contribution < 1.29 is 9.59 Å². The molecule has 0 aromatic heterocycles. The lowest BCUT2D eigenvalue weighted by molar-refractivity contribution is -0.126. The standard InChI is InChI=1S/C21H32N2O2/c1-5-7-8-17(6-2)13-22-21(25)18-12-20(24)23(14-18)19-10-9-15(3)16(4)11-19/h9-11,17-18H,5-8,12-14H2,1-4H3,(H,22,25)/t17-,18+/m1/s1. The third-order valence-corrected chi connectivity index (χ3v) is 5.41. The van der Waals surface area contributed by atoms with Crippen molar-refractivity contribution in [1.82, 2.24) is 5.32 Å². The second-order valence-electron chi connectivity index (χ2n) is 7.34. The minimum Gasteiger partial charge on any atom is -0.356 e. The molecule has 0 unspecified atom stereocenters. The second kappa shape index (κ2) is 9.02. The number of aryl methyl sites for hydroxylation is 2. The Kier molecular flexibility index (Phi) is 7.03. The Morgan fingerprint density at radius 3 is 2.68 bits per heavy atom. The molecule has 4 heteroatoms. The maximum Gasteiger partial charge on any atom is 0.227 e. The zero-order chi connectivity index (χ0) is 18.4. The molecule has 0 bridgehead atoms. The summed E-state index contributed by atoms with van der Waals surface area (Å²) in [5.41, 5.74) is 3.28. The highest BCUT2D eigenvalue weighted by Crippen LogP contribution is 2.27. The molecule has 0 spiro atoms. The topological polar surface area (TPSA) is 49.4 Å². The van der Waals surface area contributed by atoms with Crippen LogP contribution in [0.1, 0.15) is 57.1 Å². The number of anilines is 1. The third-order valence-electron chi connectivity index (χ3n) is 5.41. The zero-order valence-corrected chi connectivity index (χ0v) is 16.1. The average Bonchev–Trinajstić information content (AvgIpc) is 2.99. The molecule has 4 nitrogen and oxygen atoms in total. The first-order valence-corrected chi connectivity index (χ1v) is 9.61. The van der Waals surface area contributed by atoms with Gasteiger partial charge in [-0.05, 0) is 49.4 Å². The van der Waals surface area contributed by atoms with Crippen LogP contribution in [0.5, 0.6) is 0 Å². The van der Waals surface area contributed by atoms with Crippen molar-refractivity contribution in [1.29, 1.82) is 0 Å². The van der Waals surface area contributed by atoms with Crippen molar-refractivity contribution >= 4 is 17.5 Å². The average molecular weight is 344 g/mol. The predicted molar refractivity (Wildman–Crippen MR) is 103 cm³/mol. The van der Waals surface area contributed by atoms with Crippen molar-refractivity contribution in [3.8, 4) is 0 Å². The Labute approximate surface area is 152 Å². The molecular weight excluding hydrogens is 312 g/mol. The zero-order valence-electron chi connectivity index (χ0n) is 16.1. The van der Waals surface area contributed by atoms with E-state index < -0.39 is 0 Å². The lowest BCUT2D eigenvalue weighted by Gasteiger charge is -2.19. The lowest BCUT2D eigenvalue weighted by Crippen LogP contribution is -2.35. The van der Waals surface area contributed by atoms with Crippen LogP contribution in [0.15, 0.2) is 18.2 Å². The highest BCUT2D eigenvalue weighted by atomic mass is 16.2. The molecule has 2 amide bonds. The predicted octanol–water partition coefficient (Wildman–Crippen LogP) is 3.99. The minimum atomic E-state index is -0.238. The quantitative estimate of drug-likeness (QED) is 0.775. The van der Waals surface area contributed by atoms with Crippen LogP contribution in [-0.2, 0) is 9.59 Å². The summed E-state index contributed by atoms with van der Waals surface area (Å²) in [7, 11) is 0. The van der Waals surface area contributed by atoms with E-state index in [9.17, 15) is 9.59 Å². The highest BCUT2D eigenvalue weighted by Gasteiger charge is 2.35. The molecule has 0 saturated carbocycles. The summed E-state index contributed by atoms with van der Waals surface area (Å²) in [4.78, 5) is 26.6. The molecule has 1 N–H and O–H groups in total. The van der Waals surface area contributed by atoms with Crippen LogP contribution in [0.2, 0.25) is 0 Å². The monoisotopic (exact) mass is 344 g/mol. The number of hydrogen-bond acceptors (Lipinski definition) is 2. The van der Waals surface area contributed by atoms with E-state index >= 15 is 0 Å². The Morgan fingerprint density at radius 2 is 2.04 bits per heavy atom. The fourth-order valence-electron chi connectivity index (χ4n) is 3.36. The third kappa shape index (κ3) is 5.07. The van der Waals surface area contributed by atoms with E-state index in [0.717, 1.165) is 25.1 Å². The van der Waals surface area contributed by atoms with E-state index in [-0.39, 0.29) is 17.7 Å². The maximum atomic E-state index is 12.5. The smallest absolute Gasteiger partial charge is 0.227 e. The largest absolute Gasteiger partial charge is 0.356 e. The van der Waals surface area contributed by atoms with Crippen LogP contribution >= 0.6 is 0 Å². The van der Waals surface area contributed by atoms with Gasteiger partial charge in [0.25, 0.3) is 0 Å². The van der Waals surface area contributed by atoms with Gasteiger partial charge in [-0.1, -0.05) is 39.2 Å². The first-order chi connectivity index (χ1) is 12.0. The fraction of sp³-hybridized carbons (Fsp3) is 0.619. The van der Waals surface area contributed by atoms with E-state index in [1.165, 1.54) is 24.0 Å². The summed E-state index contributed by atoms with van der Waals surface area (Å²) in [6.45, 7) is 9.68. The van der Waals surface area contributed by atoms with Crippen molar-refractivity contribution in [2.24, 2.45) is 11.8 Å². The molecule has 0 aliphatic carbocycles. The van der Waals surface area contributed by atoms with Crippen LogP contribution in [-0.4, -0.2) is 24.9 Å². The number of nitrogens with zero attached hydrogens (tertiary/aromatic N) is 1. The molecular formula is C21H32N2O2. The first-order valence-electron chi connectivity index (χ1n) is 9.61. The molecule has 138 valence electrons. The highest BCUT2D eigenvalue weighted by molar-refractivity contribution is 6.00. The number of carbonyl (C=O) groups excluding carboxylic acids is 2. The molecule has 1 aromatic rings. The summed E-state index contributed by atoms with van der Waals surface area (Å²) >= 11 is 0. The summed E-state index contributed by atoms with van der Waals surface area (Å²) in [5, 5.41) is 3.08. The summed E-state index contributed by atoms with van der Waals surface area (Å²) in [6, 6.07) is 6.04. The van der Waals surface area contributed by atoms with Crippen molar-refractivity contribution in [3.63, 3.8) is 0 Å². The number of rotatable bonds is 8. The van der Waals surface area contributed by atoms with Gasteiger partial charge in [-0.15, -0.1) is 0 Å². The molecule has 1 fully saturated rings. The molecule has 1 heterocycles. The first kappa shape index (κ1) is 19.5. The minimum absolute atomic E-state index is 0.0228. The van der Waals surface area contributed by atoms with Crippen LogP contribution in [0, 0.1) is 25.7 Å². The number of unbranched alkanes of at least 4 members (excludes halogenated alkanes) is 1. The van der Waals surface area contributed by atoms with Crippen molar-refractivity contribution in [2.75, 3.05) is 18.0 Å². The van der Waals surface area contributed by atoms with Crippen LogP contribution in [0.4, 0.5) is 5.69 Å². The van der Waals surface area contributed by atoms with Gasteiger partial charge in [0.15, 0.2) is 0 Å². The van der Waals surface area contributed by atoms with Gasteiger partial charge >= 0.3 is 0 Å². The van der Waals surface area contributed by atoms with Gasteiger partial charge < -0.3 is 10.2 Å². The molecule has 25 heavy (non-hydrogen) atoms. The molecule has 0 radical (unpaired) electrons. The SMILES string of the molecule is CCCC[C@@H](CC)CNC(=O)[C@H]1CC(=O)N(c2ccc(C)c(C)c2)C1. The number of nitrogens with one attached hydrogen (secondary N) is 1. The van der Waals surface area contributed by atoms with Gasteiger partial charge in [0.05, 0.1) is 5.92 Å². The van der Waals surface area contributed by atoms with Crippen molar-refractivity contribution in [2.45, 2.75) is 59.8 Å². The lowest BCUT2D eigenvalue weighted by atomic mass is 9.99. The molecule has 2 atom stereocenters. The molecule has 1 aliphatic rings. The van der Waals surface area contributed by atoms with Gasteiger partial charge in [0, 0.05) is 25.2 Å². The maximum absolute atomic E-state index is 12.5. The van der Waals surface area contributed by atoms with E-state index in [1.807, 2.05) is 25.1 Å². The van der Waals surface area contributed by atoms with Crippen LogP contribution in [0.3, 0.4) is 0 Å². The van der Waals surface area contributed by atoms with E-state index in [4.69, 9.17) is 0 Å². The van der Waals surface area contributed by atoms with E-state index in [0.29, 0.717) is 18.9 Å². The van der Waals surface area contributed by atoms with Gasteiger partial charge in [0.2, 0.25) is 11.8 Å². The summed E-state index contributed by atoms with van der Waals surface area (Å²) < 4.78 is 0. The van der Waals surface area contributed by atoms with Gasteiger partial charge in [-0.2, -0.15) is 0 Å². The molecule has 1 aliphatic heterocycles. The van der Waals surface area contributed by atoms with E-state index in [1.54, 1.807) is 4.90 Å². The van der Waals surface area contributed by atoms with Crippen molar-refractivity contribution in [3.05, 3.63) is 29.3 Å². The Balaban J connectivity index is 1.92. The Hall–Kier alpha value is -1.84. The Bertz CT molecular complexity index is 612. The number of carbonyl (C=O) groups is 2. The molecule has 1 aromatic carbocycles. The number of hydrogen-bond donors (Lipinski definition) is 1. The normalized spacial score (nSPS) is 18.5. The number of amides is 2. The second-order valence-corrected chi connectivity index (χ2v) is 7.34. The van der Waals surface area contributed by atoms with Crippen LogP contribution < -0.4 is 10.2 Å². The molecule has 1 saturated heterocycles. The fourth-order valence-corrected chi connectivity index (χ4v) is 3.36. The Morgan fingerprint density at radius 1 is 1.28 bits per heavy atom. The number of benzene rings is 1. The van der Waals surface area contributed by atoms with E-state index in [2.05, 4.69) is 26.1 Å².